The SMILES string of the molecule is Fc1cccc(CCNCc2ccc(Oc3ccc4nc[nH]c4c3)cc2)c1. The van der Waals surface area contributed by atoms with Crippen molar-refractivity contribution >= 4 is 11.0 Å². The van der Waals surface area contributed by atoms with Gasteiger partial charge in [-0.05, 0) is 60.5 Å². The summed E-state index contributed by atoms with van der Waals surface area (Å²) in [5.41, 5.74) is 4.04. The molecule has 0 atom stereocenters. The van der Waals surface area contributed by atoms with Crippen molar-refractivity contribution in [2.24, 2.45) is 0 Å². The first kappa shape index (κ1) is 17.2. The van der Waals surface area contributed by atoms with Gasteiger partial charge in [0.2, 0.25) is 0 Å². The predicted octanol–water partition coefficient (Wildman–Crippen LogP) is 4.83. The molecule has 0 aliphatic heterocycles. The first-order valence-corrected chi connectivity index (χ1v) is 8.91. The first-order chi connectivity index (χ1) is 13.3. The van der Waals surface area contributed by atoms with E-state index in [1.165, 1.54) is 11.6 Å². The summed E-state index contributed by atoms with van der Waals surface area (Å²) in [7, 11) is 0. The Labute approximate surface area is 157 Å². The van der Waals surface area contributed by atoms with Gasteiger partial charge >= 0.3 is 0 Å². The van der Waals surface area contributed by atoms with Crippen LogP contribution in [0.3, 0.4) is 0 Å². The highest BCUT2D eigenvalue weighted by atomic mass is 19.1. The number of rotatable bonds is 7. The molecule has 2 N–H and O–H groups in total. The Kier molecular flexibility index (Phi) is 5.12. The Morgan fingerprint density at radius 3 is 2.63 bits per heavy atom. The number of aromatic amines is 1. The van der Waals surface area contributed by atoms with Crippen LogP contribution in [0.4, 0.5) is 4.39 Å². The molecule has 0 aliphatic rings. The fourth-order valence-electron chi connectivity index (χ4n) is 2.95. The van der Waals surface area contributed by atoms with E-state index in [1.54, 1.807) is 18.5 Å². The third kappa shape index (κ3) is 4.51. The highest BCUT2D eigenvalue weighted by Gasteiger charge is 2.02. The predicted molar refractivity (Wildman–Crippen MR) is 104 cm³/mol. The zero-order valence-corrected chi connectivity index (χ0v) is 14.8. The van der Waals surface area contributed by atoms with E-state index in [0.717, 1.165) is 47.6 Å². The lowest BCUT2D eigenvalue weighted by Crippen LogP contribution is -2.16. The van der Waals surface area contributed by atoms with Gasteiger partial charge < -0.3 is 15.0 Å². The van der Waals surface area contributed by atoms with Crippen LogP contribution >= 0.6 is 0 Å². The Balaban J connectivity index is 1.28. The minimum Gasteiger partial charge on any atom is -0.457 e. The molecule has 4 aromatic rings. The van der Waals surface area contributed by atoms with Gasteiger partial charge in [0.1, 0.15) is 17.3 Å². The zero-order valence-electron chi connectivity index (χ0n) is 14.8. The van der Waals surface area contributed by atoms with Gasteiger partial charge in [0.25, 0.3) is 0 Å². The number of nitrogens with zero attached hydrogens (tertiary/aromatic N) is 1. The summed E-state index contributed by atoms with van der Waals surface area (Å²) in [6.07, 6.45) is 2.47. The lowest BCUT2D eigenvalue weighted by molar-refractivity contribution is 0.483. The smallest absolute Gasteiger partial charge is 0.129 e. The molecule has 1 aromatic heterocycles. The highest BCUT2D eigenvalue weighted by Crippen LogP contribution is 2.24. The Morgan fingerprint density at radius 2 is 1.78 bits per heavy atom. The monoisotopic (exact) mass is 361 g/mol. The molecular formula is C22H20FN3O. The van der Waals surface area contributed by atoms with E-state index in [9.17, 15) is 4.39 Å². The van der Waals surface area contributed by atoms with Crippen LogP contribution in [0, 0.1) is 5.82 Å². The van der Waals surface area contributed by atoms with E-state index < -0.39 is 0 Å². The molecule has 3 aromatic carbocycles. The number of aromatic nitrogens is 2. The fourth-order valence-corrected chi connectivity index (χ4v) is 2.95. The largest absolute Gasteiger partial charge is 0.457 e. The van der Waals surface area contributed by atoms with Gasteiger partial charge in [-0.3, -0.25) is 0 Å². The van der Waals surface area contributed by atoms with Crippen molar-refractivity contribution in [1.29, 1.82) is 0 Å². The van der Waals surface area contributed by atoms with Crippen molar-refractivity contribution in [2.75, 3.05) is 6.54 Å². The number of halogens is 1. The maximum Gasteiger partial charge on any atom is 0.129 e. The number of benzene rings is 3. The van der Waals surface area contributed by atoms with Crippen molar-refractivity contribution in [3.63, 3.8) is 0 Å². The number of hydrogen-bond acceptors (Lipinski definition) is 3. The maximum atomic E-state index is 13.2. The molecule has 0 bridgehead atoms. The molecular weight excluding hydrogens is 341 g/mol. The molecule has 0 saturated carbocycles. The average molecular weight is 361 g/mol. The summed E-state index contributed by atoms with van der Waals surface area (Å²) in [4.78, 5) is 7.28. The van der Waals surface area contributed by atoms with Crippen LogP contribution in [-0.2, 0) is 13.0 Å². The lowest BCUT2D eigenvalue weighted by atomic mass is 10.1. The summed E-state index contributed by atoms with van der Waals surface area (Å²) in [6.45, 7) is 1.56. The molecule has 1 heterocycles. The van der Waals surface area contributed by atoms with Gasteiger partial charge in [-0.15, -0.1) is 0 Å². The highest BCUT2D eigenvalue weighted by molar-refractivity contribution is 5.76. The topological polar surface area (TPSA) is 49.9 Å². The van der Waals surface area contributed by atoms with Crippen molar-refractivity contribution < 1.29 is 9.13 Å². The standard InChI is InChI=1S/C22H20FN3O/c23-18-3-1-2-16(12-18)10-11-24-14-17-4-6-19(7-5-17)27-20-8-9-21-22(13-20)26-15-25-21/h1-9,12-13,15,24H,10-11,14H2,(H,25,26). The summed E-state index contributed by atoms with van der Waals surface area (Å²) < 4.78 is 19.1. The van der Waals surface area contributed by atoms with Gasteiger partial charge in [0.15, 0.2) is 0 Å². The average Bonchev–Trinajstić information content (AvgIpc) is 3.14. The molecule has 0 saturated heterocycles. The number of fused-ring (bicyclic) bond motifs is 1. The second-order valence-electron chi connectivity index (χ2n) is 6.38. The molecule has 0 radical (unpaired) electrons. The van der Waals surface area contributed by atoms with Gasteiger partial charge in [0, 0.05) is 12.6 Å². The summed E-state index contributed by atoms with van der Waals surface area (Å²) in [5.74, 6) is 1.37. The van der Waals surface area contributed by atoms with Gasteiger partial charge in [-0.25, -0.2) is 9.37 Å². The number of imidazole rings is 1. The Bertz CT molecular complexity index is 1030. The second-order valence-corrected chi connectivity index (χ2v) is 6.38. The Hall–Kier alpha value is -3.18. The molecule has 5 heteroatoms. The van der Waals surface area contributed by atoms with Crippen molar-refractivity contribution in [2.45, 2.75) is 13.0 Å². The van der Waals surface area contributed by atoms with Crippen molar-refractivity contribution in [3.05, 3.63) is 90.0 Å². The first-order valence-electron chi connectivity index (χ1n) is 8.91. The molecule has 4 nitrogen and oxygen atoms in total. The quantitative estimate of drug-likeness (QED) is 0.464. The van der Waals surface area contributed by atoms with Crippen LogP contribution < -0.4 is 10.1 Å². The molecule has 27 heavy (non-hydrogen) atoms. The molecule has 4 rings (SSSR count). The lowest BCUT2D eigenvalue weighted by Gasteiger charge is -2.08. The van der Waals surface area contributed by atoms with Gasteiger partial charge in [0.05, 0.1) is 17.4 Å². The van der Waals surface area contributed by atoms with E-state index in [0.29, 0.717) is 0 Å². The van der Waals surface area contributed by atoms with E-state index in [-0.39, 0.29) is 5.82 Å². The van der Waals surface area contributed by atoms with Crippen LogP contribution in [0.1, 0.15) is 11.1 Å². The van der Waals surface area contributed by atoms with E-state index in [1.807, 2.05) is 48.5 Å². The van der Waals surface area contributed by atoms with Crippen molar-refractivity contribution in [1.82, 2.24) is 15.3 Å². The number of ether oxygens (including phenoxy) is 1. The molecule has 136 valence electrons. The Morgan fingerprint density at radius 1 is 0.926 bits per heavy atom. The van der Waals surface area contributed by atoms with Gasteiger partial charge in [-0.1, -0.05) is 24.3 Å². The minimum absolute atomic E-state index is 0.185. The van der Waals surface area contributed by atoms with Crippen LogP contribution in [0.25, 0.3) is 11.0 Å². The normalized spacial score (nSPS) is 11.0. The molecule has 0 unspecified atom stereocenters. The van der Waals surface area contributed by atoms with Crippen LogP contribution in [0.15, 0.2) is 73.1 Å². The van der Waals surface area contributed by atoms with Gasteiger partial charge in [-0.2, -0.15) is 0 Å². The zero-order chi connectivity index (χ0) is 18.5. The fraction of sp³-hybridized carbons (Fsp3) is 0.136. The van der Waals surface area contributed by atoms with Crippen molar-refractivity contribution in [3.8, 4) is 11.5 Å². The molecule has 0 aliphatic carbocycles. The summed E-state index contributed by atoms with van der Waals surface area (Å²) in [5, 5.41) is 3.38. The van der Waals surface area contributed by atoms with E-state index >= 15 is 0 Å². The molecule has 0 spiro atoms. The molecule has 0 amide bonds. The third-order valence-corrected chi connectivity index (χ3v) is 4.36. The van der Waals surface area contributed by atoms with Crippen LogP contribution in [-0.4, -0.2) is 16.5 Å². The maximum absolute atomic E-state index is 13.2. The molecule has 0 fully saturated rings. The second kappa shape index (κ2) is 8.01. The van der Waals surface area contributed by atoms with E-state index in [2.05, 4.69) is 15.3 Å². The van der Waals surface area contributed by atoms with Crippen LogP contribution in [0.5, 0.6) is 11.5 Å². The number of H-pyrrole nitrogens is 1. The summed E-state index contributed by atoms with van der Waals surface area (Å²) in [6, 6.07) is 20.5. The number of nitrogens with one attached hydrogen (secondary N) is 2. The minimum atomic E-state index is -0.185. The third-order valence-electron chi connectivity index (χ3n) is 4.36. The van der Waals surface area contributed by atoms with Crippen LogP contribution in [0.2, 0.25) is 0 Å². The summed E-state index contributed by atoms with van der Waals surface area (Å²) >= 11 is 0. The van der Waals surface area contributed by atoms with E-state index in [4.69, 9.17) is 4.74 Å². The number of hydrogen-bond donors (Lipinski definition) is 2.